The van der Waals surface area contributed by atoms with Crippen molar-refractivity contribution in [3.8, 4) is 5.75 Å². The summed E-state index contributed by atoms with van der Waals surface area (Å²) < 4.78 is 5.15. The van der Waals surface area contributed by atoms with Crippen LogP contribution in [0.25, 0.3) is 0 Å². The molecule has 2 aromatic carbocycles. The van der Waals surface area contributed by atoms with Crippen molar-refractivity contribution in [2.24, 2.45) is 0 Å². The quantitative estimate of drug-likeness (QED) is 0.867. The number of aryl methyl sites for hydroxylation is 2. The number of methoxy groups -OCH3 is 1. The molecule has 0 aliphatic carbocycles. The van der Waals surface area contributed by atoms with Crippen LogP contribution in [0.1, 0.15) is 23.1 Å². The van der Waals surface area contributed by atoms with Crippen molar-refractivity contribution >= 4 is 11.6 Å². The number of nitrogens with zero attached hydrogens (tertiary/aromatic N) is 1. The summed E-state index contributed by atoms with van der Waals surface area (Å²) in [5.74, 6) is 0.977. The Morgan fingerprint density at radius 2 is 1.95 bits per heavy atom. The van der Waals surface area contributed by atoms with Gasteiger partial charge in [0.05, 0.1) is 13.5 Å². The van der Waals surface area contributed by atoms with Gasteiger partial charge < -0.3 is 9.64 Å². The number of carbonyl (C=O) groups is 1. The molecule has 0 saturated carbocycles. The lowest BCUT2D eigenvalue weighted by Gasteiger charge is -2.30. The van der Waals surface area contributed by atoms with Crippen LogP contribution in [0.2, 0.25) is 0 Å². The summed E-state index contributed by atoms with van der Waals surface area (Å²) in [7, 11) is 1.65. The van der Waals surface area contributed by atoms with Crippen LogP contribution in [0.15, 0.2) is 42.5 Å². The van der Waals surface area contributed by atoms with Gasteiger partial charge in [0.2, 0.25) is 5.91 Å². The number of hydrogen-bond acceptors (Lipinski definition) is 2. The van der Waals surface area contributed by atoms with Crippen LogP contribution in [-0.4, -0.2) is 19.6 Å². The van der Waals surface area contributed by atoms with Gasteiger partial charge in [-0.3, -0.25) is 4.79 Å². The first-order chi connectivity index (χ1) is 10.7. The first-order valence-electron chi connectivity index (χ1n) is 7.70. The molecule has 0 radical (unpaired) electrons. The summed E-state index contributed by atoms with van der Waals surface area (Å²) in [6, 6.07) is 14.1. The second-order valence-corrected chi connectivity index (χ2v) is 5.81. The third kappa shape index (κ3) is 2.98. The Kier molecular flexibility index (Phi) is 4.14. The zero-order chi connectivity index (χ0) is 15.5. The Morgan fingerprint density at radius 1 is 1.18 bits per heavy atom. The number of carbonyl (C=O) groups excluding carboxylic acids is 1. The van der Waals surface area contributed by atoms with E-state index < -0.39 is 0 Å². The van der Waals surface area contributed by atoms with E-state index in [2.05, 4.69) is 25.1 Å². The molecule has 1 aliphatic heterocycles. The fourth-order valence-corrected chi connectivity index (χ4v) is 3.00. The van der Waals surface area contributed by atoms with Crippen LogP contribution in [-0.2, 0) is 17.6 Å². The third-order valence-electron chi connectivity index (χ3n) is 4.17. The van der Waals surface area contributed by atoms with Gasteiger partial charge in [0, 0.05) is 12.2 Å². The molecule has 0 bridgehead atoms. The summed E-state index contributed by atoms with van der Waals surface area (Å²) >= 11 is 0. The van der Waals surface area contributed by atoms with Gasteiger partial charge in [-0.15, -0.1) is 0 Å². The van der Waals surface area contributed by atoms with Gasteiger partial charge >= 0.3 is 0 Å². The summed E-state index contributed by atoms with van der Waals surface area (Å²) in [6.07, 6.45) is 2.52. The van der Waals surface area contributed by atoms with Crippen molar-refractivity contribution in [2.75, 3.05) is 18.6 Å². The number of hydrogen-bond donors (Lipinski definition) is 0. The molecule has 0 unspecified atom stereocenters. The first kappa shape index (κ1) is 14.6. The van der Waals surface area contributed by atoms with E-state index in [9.17, 15) is 4.79 Å². The van der Waals surface area contributed by atoms with Gasteiger partial charge in [0.15, 0.2) is 0 Å². The summed E-state index contributed by atoms with van der Waals surface area (Å²) in [4.78, 5) is 14.6. The molecule has 0 atom stereocenters. The number of fused-ring (bicyclic) bond motifs is 1. The van der Waals surface area contributed by atoms with E-state index in [1.54, 1.807) is 7.11 Å². The number of benzene rings is 2. The first-order valence-corrected chi connectivity index (χ1v) is 7.70. The second kappa shape index (κ2) is 6.22. The molecule has 1 heterocycles. The number of anilines is 1. The molecule has 3 rings (SSSR count). The Balaban J connectivity index is 1.78. The maximum absolute atomic E-state index is 12.7. The predicted octanol–water partition coefficient (Wildman–Crippen LogP) is 3.53. The van der Waals surface area contributed by atoms with Crippen LogP contribution >= 0.6 is 0 Å². The topological polar surface area (TPSA) is 29.5 Å². The number of amides is 1. The van der Waals surface area contributed by atoms with E-state index >= 15 is 0 Å². The molecular formula is C19H21NO2. The van der Waals surface area contributed by atoms with Gasteiger partial charge in [0.25, 0.3) is 0 Å². The molecule has 0 spiro atoms. The molecule has 3 heteroatoms. The zero-order valence-corrected chi connectivity index (χ0v) is 13.1. The Bertz CT molecular complexity index is 676. The monoisotopic (exact) mass is 295 g/mol. The Hall–Kier alpha value is -2.29. The predicted molar refractivity (Wildman–Crippen MR) is 88.6 cm³/mol. The minimum absolute atomic E-state index is 0.162. The van der Waals surface area contributed by atoms with Crippen molar-refractivity contribution in [1.82, 2.24) is 0 Å². The van der Waals surface area contributed by atoms with Crippen molar-refractivity contribution in [3.63, 3.8) is 0 Å². The van der Waals surface area contributed by atoms with Crippen LogP contribution in [0.3, 0.4) is 0 Å². The van der Waals surface area contributed by atoms with Crippen molar-refractivity contribution in [1.29, 1.82) is 0 Å². The summed E-state index contributed by atoms with van der Waals surface area (Å²) in [5.41, 5.74) is 4.64. The smallest absolute Gasteiger partial charge is 0.231 e. The number of ether oxygens (including phenoxy) is 1. The molecule has 0 aromatic heterocycles. The van der Waals surface area contributed by atoms with E-state index in [0.717, 1.165) is 36.4 Å². The van der Waals surface area contributed by atoms with Gasteiger partial charge in [0.1, 0.15) is 5.75 Å². The highest BCUT2D eigenvalue weighted by Crippen LogP contribution is 2.28. The Labute approximate surface area is 131 Å². The molecule has 1 aliphatic rings. The third-order valence-corrected chi connectivity index (χ3v) is 4.17. The number of rotatable bonds is 3. The lowest BCUT2D eigenvalue weighted by molar-refractivity contribution is -0.118. The molecule has 0 fully saturated rings. The normalized spacial score (nSPS) is 13.6. The lowest BCUT2D eigenvalue weighted by atomic mass is 9.99. The minimum Gasteiger partial charge on any atom is -0.497 e. The van der Waals surface area contributed by atoms with Crippen LogP contribution < -0.4 is 9.64 Å². The minimum atomic E-state index is 0.162. The molecule has 3 nitrogen and oxygen atoms in total. The van der Waals surface area contributed by atoms with Crippen molar-refractivity contribution in [3.05, 3.63) is 59.2 Å². The average molecular weight is 295 g/mol. The van der Waals surface area contributed by atoms with E-state index in [1.807, 2.05) is 29.2 Å². The highest BCUT2D eigenvalue weighted by molar-refractivity contribution is 5.96. The molecular weight excluding hydrogens is 274 g/mol. The van der Waals surface area contributed by atoms with E-state index in [1.165, 1.54) is 11.1 Å². The van der Waals surface area contributed by atoms with E-state index in [-0.39, 0.29) is 5.91 Å². The maximum atomic E-state index is 12.7. The fourth-order valence-electron chi connectivity index (χ4n) is 3.00. The van der Waals surface area contributed by atoms with Gasteiger partial charge in [-0.25, -0.2) is 0 Å². The molecule has 0 N–H and O–H groups in total. The molecule has 0 saturated heterocycles. The molecule has 22 heavy (non-hydrogen) atoms. The Morgan fingerprint density at radius 3 is 2.68 bits per heavy atom. The highest BCUT2D eigenvalue weighted by atomic mass is 16.5. The molecule has 114 valence electrons. The lowest BCUT2D eigenvalue weighted by Crippen LogP contribution is -2.36. The van der Waals surface area contributed by atoms with Crippen LogP contribution in [0, 0.1) is 6.92 Å². The van der Waals surface area contributed by atoms with Crippen molar-refractivity contribution in [2.45, 2.75) is 26.2 Å². The molecule has 1 amide bonds. The summed E-state index contributed by atoms with van der Waals surface area (Å²) in [5, 5.41) is 0. The van der Waals surface area contributed by atoms with Crippen LogP contribution in [0.4, 0.5) is 5.69 Å². The average Bonchev–Trinajstić information content (AvgIpc) is 2.54. The van der Waals surface area contributed by atoms with Gasteiger partial charge in [-0.05, 0) is 49.1 Å². The largest absolute Gasteiger partial charge is 0.497 e. The zero-order valence-electron chi connectivity index (χ0n) is 13.1. The standard InChI is InChI=1S/C19H21NO2/c1-14-5-10-18-16(12-14)4-3-11-20(18)19(21)13-15-6-8-17(22-2)9-7-15/h5-10,12H,3-4,11,13H2,1-2H3. The fraction of sp³-hybridized carbons (Fsp3) is 0.316. The maximum Gasteiger partial charge on any atom is 0.231 e. The SMILES string of the molecule is COc1ccc(CC(=O)N2CCCc3cc(C)ccc32)cc1. The van der Waals surface area contributed by atoms with E-state index in [4.69, 9.17) is 4.74 Å². The highest BCUT2D eigenvalue weighted by Gasteiger charge is 2.22. The van der Waals surface area contributed by atoms with Crippen molar-refractivity contribution < 1.29 is 9.53 Å². The summed E-state index contributed by atoms with van der Waals surface area (Å²) in [6.45, 7) is 2.91. The van der Waals surface area contributed by atoms with E-state index in [0.29, 0.717) is 6.42 Å². The second-order valence-electron chi connectivity index (χ2n) is 5.81. The van der Waals surface area contributed by atoms with Crippen LogP contribution in [0.5, 0.6) is 5.75 Å². The van der Waals surface area contributed by atoms with Gasteiger partial charge in [-0.1, -0.05) is 29.8 Å². The molecule has 2 aromatic rings. The van der Waals surface area contributed by atoms with Gasteiger partial charge in [-0.2, -0.15) is 0 Å².